The Morgan fingerprint density at radius 3 is 2.64 bits per heavy atom. The fourth-order valence-corrected chi connectivity index (χ4v) is 3.35. The van der Waals surface area contributed by atoms with Gasteiger partial charge < -0.3 is 15.0 Å². The minimum absolute atomic E-state index is 0.0667. The average molecular weight is 382 g/mol. The van der Waals surface area contributed by atoms with Gasteiger partial charge in [0.25, 0.3) is 0 Å². The summed E-state index contributed by atoms with van der Waals surface area (Å²) in [5.41, 5.74) is 1.04. The maximum absolute atomic E-state index is 14.3. The van der Waals surface area contributed by atoms with E-state index in [2.05, 4.69) is 25.3 Å². The number of halogens is 2. The Kier molecular flexibility index (Phi) is 4.01. The summed E-state index contributed by atoms with van der Waals surface area (Å²) in [6.45, 7) is 2.77. The van der Waals surface area contributed by atoms with Crippen molar-refractivity contribution in [2.75, 3.05) is 36.5 Å². The molecule has 1 aromatic carbocycles. The number of hydrogen-bond donors (Lipinski definition) is 1. The van der Waals surface area contributed by atoms with Crippen molar-refractivity contribution >= 4 is 23.2 Å². The summed E-state index contributed by atoms with van der Waals surface area (Å²) in [4.78, 5) is 11.0. The summed E-state index contributed by atoms with van der Waals surface area (Å²) in [5, 5.41) is 7.35. The lowest BCUT2D eigenvalue weighted by atomic mass is 10.1. The molecule has 0 atom stereocenters. The van der Waals surface area contributed by atoms with E-state index >= 15 is 0 Å². The van der Waals surface area contributed by atoms with Gasteiger partial charge in [-0.05, 0) is 12.1 Å². The van der Waals surface area contributed by atoms with Gasteiger partial charge in [0, 0.05) is 25.2 Å². The maximum atomic E-state index is 14.3. The number of benzene rings is 1. The Bertz CT molecular complexity index is 1050. The van der Waals surface area contributed by atoms with Crippen LogP contribution in [-0.2, 0) is 4.74 Å². The summed E-state index contributed by atoms with van der Waals surface area (Å²) in [6.07, 6.45) is 3.23. The normalized spacial score (nSPS) is 15.9. The Balaban J connectivity index is 1.62. The molecule has 0 spiro atoms. The van der Waals surface area contributed by atoms with E-state index in [1.54, 1.807) is 23.1 Å². The van der Waals surface area contributed by atoms with Crippen LogP contribution in [0.4, 0.5) is 26.1 Å². The number of anilines is 2. The second-order valence-electron chi connectivity index (χ2n) is 6.44. The molecular weight excluding hydrogens is 366 g/mol. The van der Waals surface area contributed by atoms with Gasteiger partial charge in [-0.15, -0.1) is 0 Å². The van der Waals surface area contributed by atoms with E-state index in [4.69, 9.17) is 4.74 Å². The van der Waals surface area contributed by atoms with E-state index in [1.807, 2.05) is 6.07 Å². The number of morpholine rings is 1. The summed E-state index contributed by atoms with van der Waals surface area (Å²) >= 11 is 0. The first-order chi connectivity index (χ1) is 13.7. The molecule has 0 bridgehead atoms. The summed E-state index contributed by atoms with van der Waals surface area (Å²) in [6, 6.07) is 7.29. The largest absolute Gasteiger partial charge is 0.378 e. The SMILES string of the molecule is Fc1cccc(F)c1C1=Nc2ccnn2-c2cc(N3CCOCC3)ncc2N1. The molecule has 0 radical (unpaired) electrons. The monoisotopic (exact) mass is 382 g/mol. The Labute approximate surface area is 159 Å². The maximum Gasteiger partial charge on any atom is 0.158 e. The Hall–Kier alpha value is -3.33. The number of aliphatic imine (C=N–C) groups is 1. The number of nitrogens with one attached hydrogen (secondary N) is 1. The molecule has 3 aromatic rings. The first-order valence-electron chi connectivity index (χ1n) is 8.88. The predicted octanol–water partition coefficient (Wildman–Crippen LogP) is 2.89. The summed E-state index contributed by atoms with van der Waals surface area (Å²) < 4.78 is 35.7. The van der Waals surface area contributed by atoms with Crippen LogP contribution in [0.3, 0.4) is 0 Å². The highest BCUT2D eigenvalue weighted by Gasteiger charge is 2.23. The topological polar surface area (TPSA) is 67.6 Å². The van der Waals surface area contributed by atoms with E-state index in [1.165, 1.54) is 18.2 Å². The van der Waals surface area contributed by atoms with Crippen molar-refractivity contribution in [3.05, 3.63) is 59.9 Å². The summed E-state index contributed by atoms with van der Waals surface area (Å²) in [7, 11) is 0. The fourth-order valence-electron chi connectivity index (χ4n) is 3.35. The van der Waals surface area contributed by atoms with Crippen LogP contribution in [0.25, 0.3) is 5.69 Å². The first-order valence-corrected chi connectivity index (χ1v) is 8.88. The van der Waals surface area contributed by atoms with Crippen molar-refractivity contribution in [1.29, 1.82) is 0 Å². The van der Waals surface area contributed by atoms with E-state index in [9.17, 15) is 8.78 Å². The average Bonchev–Trinajstić information content (AvgIpc) is 3.11. The third-order valence-corrected chi connectivity index (χ3v) is 4.73. The van der Waals surface area contributed by atoms with Gasteiger partial charge >= 0.3 is 0 Å². The number of rotatable bonds is 2. The fraction of sp³-hybridized carbons (Fsp3) is 0.211. The van der Waals surface area contributed by atoms with Crippen LogP contribution < -0.4 is 10.2 Å². The van der Waals surface area contributed by atoms with Crippen molar-refractivity contribution in [3.8, 4) is 5.69 Å². The van der Waals surface area contributed by atoms with E-state index in [0.29, 0.717) is 30.4 Å². The number of hydrogen-bond acceptors (Lipinski definition) is 6. The molecule has 2 aromatic heterocycles. The molecule has 1 N–H and O–H groups in total. The molecule has 142 valence electrons. The molecule has 0 aliphatic carbocycles. The third-order valence-electron chi connectivity index (χ3n) is 4.73. The molecule has 2 aliphatic rings. The number of pyridine rings is 1. The van der Waals surface area contributed by atoms with Gasteiger partial charge in [0.05, 0.1) is 42.5 Å². The lowest BCUT2D eigenvalue weighted by molar-refractivity contribution is 0.122. The number of amidine groups is 1. The van der Waals surface area contributed by atoms with Crippen LogP contribution >= 0.6 is 0 Å². The molecule has 1 saturated heterocycles. The zero-order valence-electron chi connectivity index (χ0n) is 14.8. The highest BCUT2D eigenvalue weighted by molar-refractivity contribution is 6.11. The lowest BCUT2D eigenvalue weighted by Gasteiger charge is -2.28. The number of ether oxygens (including phenoxy) is 1. The van der Waals surface area contributed by atoms with Gasteiger partial charge in [0.2, 0.25) is 0 Å². The molecule has 1 fully saturated rings. The lowest BCUT2D eigenvalue weighted by Crippen LogP contribution is -2.36. The molecule has 9 heteroatoms. The molecule has 0 amide bonds. The van der Waals surface area contributed by atoms with Gasteiger partial charge in [-0.3, -0.25) is 0 Å². The van der Waals surface area contributed by atoms with Crippen molar-refractivity contribution in [1.82, 2.24) is 14.8 Å². The number of fused-ring (bicyclic) bond motifs is 3. The van der Waals surface area contributed by atoms with Gasteiger partial charge in [-0.25, -0.2) is 23.4 Å². The standard InChI is InChI=1S/C19H16F2N6O/c20-12-2-1-3-13(21)18(12)19-24-14-11-22-17(26-6-8-28-9-7-26)10-15(14)27-16(25-19)4-5-23-27/h1-5,10-11H,6-9H2,(H,24,25). The number of nitrogens with zero attached hydrogens (tertiary/aromatic N) is 5. The molecule has 28 heavy (non-hydrogen) atoms. The minimum atomic E-state index is -0.696. The molecular formula is C19H16F2N6O. The van der Waals surface area contributed by atoms with Gasteiger partial charge in [0.15, 0.2) is 5.82 Å². The van der Waals surface area contributed by atoms with Crippen LogP contribution in [0.1, 0.15) is 5.56 Å². The molecule has 4 heterocycles. The van der Waals surface area contributed by atoms with Crippen molar-refractivity contribution in [2.45, 2.75) is 0 Å². The molecule has 5 rings (SSSR count). The third kappa shape index (κ3) is 2.80. The highest BCUT2D eigenvalue weighted by Crippen LogP contribution is 2.32. The van der Waals surface area contributed by atoms with Gasteiger partial charge in [-0.2, -0.15) is 5.10 Å². The van der Waals surface area contributed by atoms with Crippen LogP contribution in [0.5, 0.6) is 0 Å². The van der Waals surface area contributed by atoms with Crippen molar-refractivity contribution in [3.63, 3.8) is 0 Å². The zero-order valence-corrected chi connectivity index (χ0v) is 14.8. The quantitative estimate of drug-likeness (QED) is 0.738. The van der Waals surface area contributed by atoms with Gasteiger partial charge in [0.1, 0.15) is 23.3 Å². The summed E-state index contributed by atoms with van der Waals surface area (Å²) in [5.74, 6) is -0.0804. The first kappa shape index (κ1) is 16.8. The van der Waals surface area contributed by atoms with E-state index in [0.717, 1.165) is 18.9 Å². The van der Waals surface area contributed by atoms with Crippen LogP contribution in [0.2, 0.25) is 0 Å². The Morgan fingerprint density at radius 2 is 1.86 bits per heavy atom. The van der Waals surface area contributed by atoms with Crippen LogP contribution in [-0.4, -0.2) is 46.9 Å². The zero-order chi connectivity index (χ0) is 19.1. The second-order valence-corrected chi connectivity index (χ2v) is 6.44. The molecule has 0 saturated carbocycles. The Morgan fingerprint density at radius 1 is 1.07 bits per heavy atom. The predicted molar refractivity (Wildman–Crippen MR) is 101 cm³/mol. The molecule has 7 nitrogen and oxygen atoms in total. The van der Waals surface area contributed by atoms with Crippen LogP contribution in [0.15, 0.2) is 47.7 Å². The molecule has 2 aliphatic heterocycles. The minimum Gasteiger partial charge on any atom is -0.378 e. The van der Waals surface area contributed by atoms with Gasteiger partial charge in [-0.1, -0.05) is 6.07 Å². The van der Waals surface area contributed by atoms with E-state index in [-0.39, 0.29) is 11.4 Å². The van der Waals surface area contributed by atoms with Crippen molar-refractivity contribution < 1.29 is 13.5 Å². The smallest absolute Gasteiger partial charge is 0.158 e. The highest BCUT2D eigenvalue weighted by atomic mass is 19.1. The number of aromatic nitrogens is 3. The van der Waals surface area contributed by atoms with Crippen molar-refractivity contribution in [2.24, 2.45) is 4.99 Å². The van der Waals surface area contributed by atoms with Crippen LogP contribution in [0, 0.1) is 11.6 Å². The second kappa shape index (κ2) is 6.68. The molecule has 0 unspecified atom stereocenters. The van der Waals surface area contributed by atoms with E-state index < -0.39 is 11.6 Å².